The molecule has 1 fully saturated rings. The van der Waals surface area contributed by atoms with Crippen molar-refractivity contribution < 1.29 is 9.90 Å². The number of nitrogens with one attached hydrogen (secondary N) is 1. The number of rotatable bonds is 4. The van der Waals surface area contributed by atoms with Crippen LogP contribution < -0.4 is 11.1 Å². The van der Waals surface area contributed by atoms with Gasteiger partial charge in [-0.05, 0) is 32.5 Å². The van der Waals surface area contributed by atoms with E-state index in [1.54, 1.807) is 0 Å². The molecule has 1 aromatic heterocycles. The van der Waals surface area contributed by atoms with Gasteiger partial charge >= 0.3 is 5.97 Å². The maximum absolute atomic E-state index is 10.9. The second-order valence-electron chi connectivity index (χ2n) is 4.58. The van der Waals surface area contributed by atoms with E-state index >= 15 is 0 Å². The van der Waals surface area contributed by atoms with E-state index in [2.05, 4.69) is 22.2 Å². The number of carboxylic acids is 1. The van der Waals surface area contributed by atoms with Crippen molar-refractivity contribution in [3.63, 3.8) is 0 Å². The molecule has 0 bridgehead atoms. The van der Waals surface area contributed by atoms with Gasteiger partial charge in [0.05, 0.1) is 11.3 Å². The van der Waals surface area contributed by atoms with Gasteiger partial charge < -0.3 is 21.1 Å². The summed E-state index contributed by atoms with van der Waals surface area (Å²) >= 11 is 0. The van der Waals surface area contributed by atoms with E-state index in [4.69, 9.17) is 10.8 Å². The first kappa shape index (κ1) is 12.6. The Balaban J connectivity index is 2.05. The Morgan fingerprint density at radius 3 is 3.11 bits per heavy atom. The van der Waals surface area contributed by atoms with Crippen molar-refractivity contribution in [1.29, 1.82) is 0 Å². The predicted octanol–water partition coefficient (Wildman–Crippen LogP) is 0.868. The van der Waals surface area contributed by atoms with Crippen LogP contribution in [0.25, 0.3) is 0 Å². The van der Waals surface area contributed by atoms with Gasteiger partial charge in [0, 0.05) is 18.8 Å². The lowest BCUT2D eigenvalue weighted by molar-refractivity contribution is 0.0698. The summed E-state index contributed by atoms with van der Waals surface area (Å²) in [6.45, 7) is 1.83. The number of aromatic nitrogens is 1. The first-order valence-electron chi connectivity index (χ1n) is 6.01. The molecule has 0 spiro atoms. The summed E-state index contributed by atoms with van der Waals surface area (Å²) in [5, 5.41) is 12.1. The van der Waals surface area contributed by atoms with Crippen molar-refractivity contribution in [3.8, 4) is 0 Å². The third-order valence-corrected chi connectivity index (χ3v) is 3.40. The fraction of sp³-hybridized carbons (Fsp3) is 0.500. The summed E-state index contributed by atoms with van der Waals surface area (Å²) in [6.07, 6.45) is 3.80. The molecule has 1 unspecified atom stereocenters. The largest absolute Gasteiger partial charge is 0.478 e. The van der Waals surface area contributed by atoms with Gasteiger partial charge in [-0.1, -0.05) is 0 Å². The molecule has 4 N–H and O–H groups in total. The fourth-order valence-electron chi connectivity index (χ4n) is 2.25. The van der Waals surface area contributed by atoms with Crippen molar-refractivity contribution in [2.75, 3.05) is 31.2 Å². The van der Waals surface area contributed by atoms with E-state index in [0.29, 0.717) is 11.9 Å². The van der Waals surface area contributed by atoms with E-state index in [0.717, 1.165) is 19.5 Å². The van der Waals surface area contributed by atoms with Crippen LogP contribution in [0.2, 0.25) is 0 Å². The van der Waals surface area contributed by atoms with Gasteiger partial charge in [-0.2, -0.15) is 0 Å². The standard InChI is InChI=1S/C12H18N4O2/c1-16-6-2-3-8(16)7-15-11-10(13)9(12(17)18)4-5-14-11/h4-5,8H,2-3,6-7,13H2,1H3,(H,14,15)(H,17,18). The normalized spacial score (nSPS) is 19.9. The number of aromatic carboxylic acids is 1. The van der Waals surface area contributed by atoms with E-state index in [-0.39, 0.29) is 11.3 Å². The Bertz CT molecular complexity index is 450. The summed E-state index contributed by atoms with van der Waals surface area (Å²) in [6, 6.07) is 1.87. The lowest BCUT2D eigenvalue weighted by Gasteiger charge is -2.20. The lowest BCUT2D eigenvalue weighted by atomic mass is 10.2. The number of hydrogen-bond donors (Lipinski definition) is 3. The molecule has 2 heterocycles. The SMILES string of the molecule is CN1CCCC1CNc1nccc(C(=O)O)c1N. The van der Waals surface area contributed by atoms with Crippen molar-refractivity contribution in [3.05, 3.63) is 17.8 Å². The number of hydrogen-bond acceptors (Lipinski definition) is 5. The Kier molecular flexibility index (Phi) is 3.66. The number of likely N-dealkylation sites (tertiary alicyclic amines) is 1. The van der Waals surface area contributed by atoms with Crippen LogP contribution in [0.1, 0.15) is 23.2 Å². The minimum atomic E-state index is -1.03. The highest BCUT2D eigenvalue weighted by Crippen LogP contribution is 2.21. The second-order valence-corrected chi connectivity index (χ2v) is 4.58. The van der Waals surface area contributed by atoms with Gasteiger partial charge in [0.15, 0.2) is 0 Å². The zero-order valence-electron chi connectivity index (χ0n) is 10.4. The van der Waals surface area contributed by atoms with Crippen LogP contribution in [0.5, 0.6) is 0 Å². The maximum Gasteiger partial charge on any atom is 0.337 e. The number of carboxylic acid groups (broad SMARTS) is 1. The van der Waals surface area contributed by atoms with Gasteiger partial charge in [-0.3, -0.25) is 0 Å². The van der Waals surface area contributed by atoms with Crippen molar-refractivity contribution in [2.45, 2.75) is 18.9 Å². The smallest absolute Gasteiger partial charge is 0.337 e. The molecule has 18 heavy (non-hydrogen) atoms. The number of nitrogen functional groups attached to an aromatic ring is 1. The average molecular weight is 250 g/mol. The highest BCUT2D eigenvalue weighted by atomic mass is 16.4. The highest BCUT2D eigenvalue weighted by Gasteiger charge is 2.21. The Morgan fingerprint density at radius 2 is 2.50 bits per heavy atom. The van der Waals surface area contributed by atoms with Crippen LogP contribution in [-0.2, 0) is 0 Å². The molecule has 2 rings (SSSR count). The summed E-state index contributed by atoms with van der Waals surface area (Å²) < 4.78 is 0. The molecule has 1 aliphatic heterocycles. The van der Waals surface area contributed by atoms with E-state index in [1.807, 2.05) is 0 Å². The Morgan fingerprint density at radius 1 is 1.72 bits per heavy atom. The third kappa shape index (κ3) is 2.53. The van der Waals surface area contributed by atoms with Crippen LogP contribution >= 0.6 is 0 Å². The fourth-order valence-corrected chi connectivity index (χ4v) is 2.25. The molecule has 0 aromatic carbocycles. The number of pyridine rings is 1. The zero-order valence-corrected chi connectivity index (χ0v) is 10.4. The molecular formula is C12H18N4O2. The first-order valence-corrected chi connectivity index (χ1v) is 6.01. The van der Waals surface area contributed by atoms with Crippen LogP contribution in [0, 0.1) is 0 Å². The number of anilines is 2. The second kappa shape index (κ2) is 5.22. The van der Waals surface area contributed by atoms with Gasteiger partial charge in [0.25, 0.3) is 0 Å². The number of likely N-dealkylation sites (N-methyl/N-ethyl adjacent to an activating group) is 1. The monoisotopic (exact) mass is 250 g/mol. The van der Waals surface area contributed by atoms with Gasteiger partial charge in [-0.25, -0.2) is 9.78 Å². The molecular weight excluding hydrogens is 232 g/mol. The topological polar surface area (TPSA) is 91.5 Å². The Labute approximate surface area is 106 Å². The van der Waals surface area contributed by atoms with Crippen molar-refractivity contribution in [2.24, 2.45) is 0 Å². The Hall–Kier alpha value is -1.82. The maximum atomic E-state index is 10.9. The van der Waals surface area contributed by atoms with E-state index < -0.39 is 5.97 Å². The molecule has 98 valence electrons. The highest BCUT2D eigenvalue weighted by molar-refractivity contribution is 5.96. The lowest BCUT2D eigenvalue weighted by Crippen LogP contribution is -2.32. The van der Waals surface area contributed by atoms with Gasteiger partial charge in [0.1, 0.15) is 5.82 Å². The summed E-state index contributed by atoms with van der Waals surface area (Å²) in [4.78, 5) is 17.3. The molecule has 1 atom stereocenters. The average Bonchev–Trinajstić information content (AvgIpc) is 2.73. The summed E-state index contributed by atoms with van der Waals surface area (Å²) in [5.74, 6) is -0.578. The molecule has 1 aromatic rings. The van der Waals surface area contributed by atoms with Crippen molar-refractivity contribution in [1.82, 2.24) is 9.88 Å². The molecule has 0 amide bonds. The minimum absolute atomic E-state index is 0.0901. The van der Waals surface area contributed by atoms with Crippen LogP contribution in [-0.4, -0.2) is 47.1 Å². The molecule has 1 saturated heterocycles. The molecule has 0 radical (unpaired) electrons. The van der Waals surface area contributed by atoms with Gasteiger partial charge in [0.2, 0.25) is 0 Å². The molecule has 0 aliphatic carbocycles. The van der Waals surface area contributed by atoms with Crippen LogP contribution in [0.15, 0.2) is 12.3 Å². The quantitative estimate of drug-likeness (QED) is 0.734. The molecule has 0 saturated carbocycles. The molecule has 1 aliphatic rings. The number of nitrogens with zero attached hydrogens (tertiary/aromatic N) is 2. The third-order valence-electron chi connectivity index (χ3n) is 3.40. The van der Waals surface area contributed by atoms with E-state index in [1.165, 1.54) is 18.7 Å². The number of nitrogens with two attached hydrogens (primary N) is 1. The summed E-state index contributed by atoms with van der Waals surface area (Å²) in [5.41, 5.74) is 6.07. The minimum Gasteiger partial charge on any atom is -0.478 e. The number of carbonyl (C=O) groups is 1. The van der Waals surface area contributed by atoms with Crippen molar-refractivity contribution >= 4 is 17.5 Å². The molecule has 6 heteroatoms. The predicted molar refractivity (Wildman–Crippen MR) is 69.8 cm³/mol. The van der Waals surface area contributed by atoms with Crippen LogP contribution in [0.4, 0.5) is 11.5 Å². The van der Waals surface area contributed by atoms with Gasteiger partial charge in [-0.15, -0.1) is 0 Å². The first-order chi connectivity index (χ1) is 8.59. The van der Waals surface area contributed by atoms with Crippen LogP contribution in [0.3, 0.4) is 0 Å². The zero-order chi connectivity index (χ0) is 13.1. The summed E-state index contributed by atoms with van der Waals surface area (Å²) in [7, 11) is 2.09. The molecule has 6 nitrogen and oxygen atoms in total. The van der Waals surface area contributed by atoms with E-state index in [9.17, 15) is 4.79 Å².